The molecule has 14 heavy (non-hydrogen) atoms. The Morgan fingerprint density at radius 2 is 2.57 bits per heavy atom. The van der Waals surface area contributed by atoms with Crippen molar-refractivity contribution >= 4 is 11.3 Å². The molecular formula is C11H17NOS. The summed E-state index contributed by atoms with van der Waals surface area (Å²) in [5.41, 5.74) is 0. The number of hydrogen-bond donors (Lipinski definition) is 1. The van der Waals surface area contributed by atoms with Gasteiger partial charge in [-0.05, 0) is 31.2 Å². The highest BCUT2D eigenvalue weighted by Gasteiger charge is 2.22. The van der Waals surface area contributed by atoms with E-state index in [-0.39, 0.29) is 0 Å². The molecule has 1 saturated heterocycles. The molecular weight excluding hydrogens is 194 g/mol. The van der Waals surface area contributed by atoms with E-state index in [0.717, 1.165) is 26.0 Å². The fourth-order valence-electron chi connectivity index (χ4n) is 1.84. The summed E-state index contributed by atoms with van der Waals surface area (Å²) < 4.78 is 5.49. The van der Waals surface area contributed by atoms with Crippen molar-refractivity contribution in [1.82, 2.24) is 5.32 Å². The van der Waals surface area contributed by atoms with Gasteiger partial charge in [0, 0.05) is 24.1 Å². The molecule has 1 aromatic rings. The van der Waals surface area contributed by atoms with Gasteiger partial charge in [-0.3, -0.25) is 0 Å². The molecule has 2 atom stereocenters. The van der Waals surface area contributed by atoms with E-state index in [1.165, 1.54) is 4.88 Å². The molecule has 2 heterocycles. The van der Waals surface area contributed by atoms with Gasteiger partial charge < -0.3 is 10.1 Å². The highest BCUT2D eigenvalue weighted by Crippen LogP contribution is 2.13. The topological polar surface area (TPSA) is 21.3 Å². The van der Waals surface area contributed by atoms with Crippen LogP contribution in [0.4, 0.5) is 0 Å². The van der Waals surface area contributed by atoms with Gasteiger partial charge in [0.15, 0.2) is 0 Å². The largest absolute Gasteiger partial charge is 0.377 e. The van der Waals surface area contributed by atoms with Crippen molar-refractivity contribution in [1.29, 1.82) is 0 Å². The first-order valence-corrected chi connectivity index (χ1v) is 6.11. The predicted octanol–water partition coefficient (Wildman–Crippen LogP) is 2.06. The highest BCUT2D eigenvalue weighted by atomic mass is 32.1. The fraction of sp³-hybridized carbons (Fsp3) is 0.636. The van der Waals surface area contributed by atoms with E-state index in [1.807, 2.05) is 11.3 Å². The first-order chi connectivity index (χ1) is 6.86. The third kappa shape index (κ3) is 2.56. The minimum atomic E-state index is 0.387. The van der Waals surface area contributed by atoms with Crippen molar-refractivity contribution in [2.45, 2.75) is 31.9 Å². The zero-order valence-corrected chi connectivity index (χ0v) is 9.35. The molecule has 1 aromatic heterocycles. The predicted molar refractivity (Wildman–Crippen MR) is 59.8 cm³/mol. The number of hydrogen-bond acceptors (Lipinski definition) is 3. The van der Waals surface area contributed by atoms with Gasteiger partial charge >= 0.3 is 0 Å². The van der Waals surface area contributed by atoms with Crippen LogP contribution in [0.5, 0.6) is 0 Å². The van der Waals surface area contributed by atoms with Gasteiger partial charge in [-0.1, -0.05) is 6.07 Å². The van der Waals surface area contributed by atoms with Gasteiger partial charge in [-0.15, -0.1) is 11.3 Å². The van der Waals surface area contributed by atoms with E-state index in [2.05, 4.69) is 29.8 Å². The lowest BCUT2D eigenvalue weighted by Gasteiger charge is -2.15. The maximum Gasteiger partial charge on any atom is 0.0700 e. The van der Waals surface area contributed by atoms with Crippen LogP contribution in [-0.4, -0.2) is 25.3 Å². The van der Waals surface area contributed by atoms with Crippen molar-refractivity contribution < 1.29 is 4.74 Å². The Balaban J connectivity index is 1.68. The first-order valence-electron chi connectivity index (χ1n) is 5.23. The maximum absolute atomic E-state index is 5.49. The van der Waals surface area contributed by atoms with Crippen molar-refractivity contribution in [3.8, 4) is 0 Å². The molecule has 0 aliphatic carbocycles. The summed E-state index contributed by atoms with van der Waals surface area (Å²) in [6.45, 7) is 4.13. The third-order valence-corrected chi connectivity index (χ3v) is 3.67. The van der Waals surface area contributed by atoms with Crippen LogP contribution >= 0.6 is 11.3 Å². The zero-order chi connectivity index (χ0) is 9.80. The Morgan fingerprint density at radius 1 is 1.64 bits per heavy atom. The van der Waals surface area contributed by atoms with Crippen LogP contribution in [0.1, 0.15) is 18.2 Å². The van der Waals surface area contributed by atoms with Crippen molar-refractivity contribution in [2.24, 2.45) is 0 Å². The minimum Gasteiger partial charge on any atom is -0.377 e. The highest BCUT2D eigenvalue weighted by molar-refractivity contribution is 7.09. The fourth-order valence-corrected chi connectivity index (χ4v) is 2.54. The van der Waals surface area contributed by atoms with E-state index in [9.17, 15) is 0 Å². The van der Waals surface area contributed by atoms with E-state index < -0.39 is 0 Å². The maximum atomic E-state index is 5.49. The van der Waals surface area contributed by atoms with E-state index in [4.69, 9.17) is 4.74 Å². The Morgan fingerprint density at radius 3 is 3.21 bits per heavy atom. The van der Waals surface area contributed by atoms with Crippen LogP contribution in [0.15, 0.2) is 17.5 Å². The smallest absolute Gasteiger partial charge is 0.0700 e. The summed E-state index contributed by atoms with van der Waals surface area (Å²) in [4.78, 5) is 1.46. The normalized spacial score (nSPS) is 26.9. The standard InChI is InChI=1S/C11H17NOS/c1-9-11(5-7-13-9)12-6-4-10-3-2-8-14-10/h2-3,8-9,11-12H,4-7H2,1H3/t9-,11-/m1/s1. The Hall–Kier alpha value is -0.380. The molecule has 0 bridgehead atoms. The molecule has 0 spiro atoms. The van der Waals surface area contributed by atoms with Crippen molar-refractivity contribution in [3.63, 3.8) is 0 Å². The summed E-state index contributed by atoms with van der Waals surface area (Å²) in [7, 11) is 0. The second-order valence-corrected chi connectivity index (χ2v) is 4.79. The average molecular weight is 211 g/mol. The molecule has 1 aliphatic heterocycles. The lowest BCUT2D eigenvalue weighted by atomic mass is 10.1. The molecule has 0 unspecified atom stereocenters. The molecule has 2 rings (SSSR count). The van der Waals surface area contributed by atoms with Crippen LogP contribution in [0.2, 0.25) is 0 Å². The molecule has 3 heteroatoms. The minimum absolute atomic E-state index is 0.387. The molecule has 78 valence electrons. The SMILES string of the molecule is C[C@H]1OCC[C@H]1NCCc1cccs1. The van der Waals surface area contributed by atoms with E-state index in [0.29, 0.717) is 12.1 Å². The van der Waals surface area contributed by atoms with Crippen LogP contribution < -0.4 is 5.32 Å². The first kappa shape index (κ1) is 10.1. The van der Waals surface area contributed by atoms with Crippen molar-refractivity contribution in [2.75, 3.05) is 13.2 Å². The average Bonchev–Trinajstić information content (AvgIpc) is 2.78. The zero-order valence-electron chi connectivity index (χ0n) is 8.53. The molecule has 1 fully saturated rings. The quantitative estimate of drug-likeness (QED) is 0.823. The third-order valence-electron chi connectivity index (χ3n) is 2.73. The number of thiophene rings is 1. The van der Waals surface area contributed by atoms with Gasteiger partial charge in [0.2, 0.25) is 0 Å². The van der Waals surface area contributed by atoms with Crippen LogP contribution in [0.25, 0.3) is 0 Å². The summed E-state index contributed by atoms with van der Waals surface area (Å²) >= 11 is 1.83. The van der Waals surface area contributed by atoms with Gasteiger partial charge in [-0.2, -0.15) is 0 Å². The molecule has 0 radical (unpaired) electrons. The summed E-state index contributed by atoms with van der Waals surface area (Å²) in [5, 5.41) is 5.69. The van der Waals surface area contributed by atoms with Gasteiger partial charge in [0.25, 0.3) is 0 Å². The Kier molecular flexibility index (Phi) is 3.56. The summed E-state index contributed by atoms with van der Waals surface area (Å²) in [6.07, 6.45) is 2.69. The van der Waals surface area contributed by atoms with E-state index >= 15 is 0 Å². The molecule has 0 aromatic carbocycles. The molecule has 2 nitrogen and oxygen atoms in total. The second kappa shape index (κ2) is 4.91. The summed E-state index contributed by atoms with van der Waals surface area (Å²) in [5.74, 6) is 0. The number of ether oxygens (including phenoxy) is 1. The van der Waals surface area contributed by atoms with Gasteiger partial charge in [0.05, 0.1) is 6.10 Å². The van der Waals surface area contributed by atoms with E-state index in [1.54, 1.807) is 0 Å². The van der Waals surface area contributed by atoms with Crippen LogP contribution in [-0.2, 0) is 11.2 Å². The molecule has 1 N–H and O–H groups in total. The Bertz CT molecular complexity index is 260. The van der Waals surface area contributed by atoms with Crippen LogP contribution in [0.3, 0.4) is 0 Å². The van der Waals surface area contributed by atoms with Gasteiger partial charge in [-0.25, -0.2) is 0 Å². The van der Waals surface area contributed by atoms with Crippen LogP contribution in [0, 0.1) is 0 Å². The summed E-state index contributed by atoms with van der Waals surface area (Å²) in [6, 6.07) is 4.87. The second-order valence-electron chi connectivity index (χ2n) is 3.75. The number of rotatable bonds is 4. The monoisotopic (exact) mass is 211 g/mol. The van der Waals surface area contributed by atoms with Crippen molar-refractivity contribution in [3.05, 3.63) is 22.4 Å². The number of nitrogens with one attached hydrogen (secondary N) is 1. The van der Waals surface area contributed by atoms with Gasteiger partial charge in [0.1, 0.15) is 0 Å². The molecule has 0 amide bonds. The lowest BCUT2D eigenvalue weighted by molar-refractivity contribution is 0.113. The molecule has 1 aliphatic rings. The Labute approximate surface area is 89.3 Å². The molecule has 0 saturated carbocycles. The lowest BCUT2D eigenvalue weighted by Crippen LogP contribution is -2.35.